The molecule has 128 valence electrons. The first-order valence-electron chi connectivity index (χ1n) is 8.07. The van der Waals surface area contributed by atoms with Crippen molar-refractivity contribution in [3.05, 3.63) is 75.1 Å². The standard InChI is InChI=1S/C20H19NO4/c1-3-13-7-8-15-14(10-18(22)25-17(15)9-13)11-24-20(23)16-6-4-5-12(2)19(16)21/h4-10H,3,11,21H2,1-2H3. The van der Waals surface area contributed by atoms with Crippen molar-refractivity contribution < 1.29 is 13.9 Å². The van der Waals surface area contributed by atoms with Crippen LogP contribution in [0.2, 0.25) is 0 Å². The molecule has 25 heavy (non-hydrogen) atoms. The minimum Gasteiger partial charge on any atom is -0.457 e. The molecule has 0 atom stereocenters. The molecule has 0 aliphatic heterocycles. The number of nitrogens with two attached hydrogens (primary N) is 1. The lowest BCUT2D eigenvalue weighted by Gasteiger charge is -2.10. The van der Waals surface area contributed by atoms with Crippen LogP contribution in [0.4, 0.5) is 5.69 Å². The van der Waals surface area contributed by atoms with Gasteiger partial charge in [-0.05, 0) is 36.6 Å². The molecule has 0 bridgehead atoms. The monoisotopic (exact) mass is 337 g/mol. The summed E-state index contributed by atoms with van der Waals surface area (Å²) in [6, 6.07) is 12.2. The van der Waals surface area contributed by atoms with Crippen molar-refractivity contribution in [2.24, 2.45) is 0 Å². The third kappa shape index (κ3) is 3.40. The molecule has 0 saturated heterocycles. The van der Waals surface area contributed by atoms with Crippen LogP contribution in [-0.4, -0.2) is 5.97 Å². The number of anilines is 1. The number of rotatable bonds is 4. The van der Waals surface area contributed by atoms with Crippen LogP contribution in [0.3, 0.4) is 0 Å². The van der Waals surface area contributed by atoms with Gasteiger partial charge in [-0.3, -0.25) is 0 Å². The van der Waals surface area contributed by atoms with Gasteiger partial charge < -0.3 is 14.9 Å². The van der Waals surface area contributed by atoms with Gasteiger partial charge in [0.05, 0.1) is 5.56 Å². The lowest BCUT2D eigenvalue weighted by Crippen LogP contribution is -2.10. The molecule has 0 radical (unpaired) electrons. The summed E-state index contributed by atoms with van der Waals surface area (Å²) < 4.78 is 10.6. The van der Waals surface area contributed by atoms with Crippen LogP contribution in [0.25, 0.3) is 11.0 Å². The van der Waals surface area contributed by atoms with E-state index >= 15 is 0 Å². The lowest BCUT2D eigenvalue weighted by atomic mass is 10.1. The number of para-hydroxylation sites is 1. The molecule has 5 heteroatoms. The molecule has 0 spiro atoms. The van der Waals surface area contributed by atoms with Gasteiger partial charge in [0, 0.05) is 22.7 Å². The Morgan fingerprint density at radius 2 is 2.00 bits per heavy atom. The molecule has 2 N–H and O–H groups in total. The minimum absolute atomic E-state index is 0.0280. The number of carbonyl (C=O) groups is 1. The van der Waals surface area contributed by atoms with E-state index < -0.39 is 11.6 Å². The van der Waals surface area contributed by atoms with Crippen LogP contribution in [0.15, 0.2) is 51.7 Å². The van der Waals surface area contributed by atoms with Gasteiger partial charge in [0.25, 0.3) is 0 Å². The summed E-state index contributed by atoms with van der Waals surface area (Å²) >= 11 is 0. The second-order valence-electron chi connectivity index (χ2n) is 5.89. The van der Waals surface area contributed by atoms with Crippen LogP contribution in [0, 0.1) is 6.92 Å². The van der Waals surface area contributed by atoms with Gasteiger partial charge in [0.1, 0.15) is 12.2 Å². The molecule has 0 aliphatic carbocycles. The zero-order valence-electron chi connectivity index (χ0n) is 14.2. The number of hydrogen-bond donors (Lipinski definition) is 1. The highest BCUT2D eigenvalue weighted by atomic mass is 16.5. The predicted octanol–water partition coefficient (Wildman–Crippen LogP) is 3.60. The minimum atomic E-state index is -0.521. The van der Waals surface area contributed by atoms with Crippen LogP contribution < -0.4 is 11.4 Å². The van der Waals surface area contributed by atoms with Crippen molar-refractivity contribution >= 4 is 22.6 Å². The van der Waals surface area contributed by atoms with Crippen LogP contribution in [-0.2, 0) is 17.8 Å². The number of hydrogen-bond acceptors (Lipinski definition) is 5. The van der Waals surface area contributed by atoms with Gasteiger partial charge in [-0.1, -0.05) is 31.2 Å². The Balaban J connectivity index is 1.89. The number of ether oxygens (including phenoxy) is 1. The summed E-state index contributed by atoms with van der Waals surface area (Å²) in [4.78, 5) is 24.1. The van der Waals surface area contributed by atoms with E-state index in [1.807, 2.05) is 38.1 Å². The molecule has 3 aromatic rings. The van der Waals surface area contributed by atoms with E-state index in [0.717, 1.165) is 22.9 Å². The second kappa shape index (κ2) is 6.81. The molecule has 0 fully saturated rings. The highest BCUT2D eigenvalue weighted by Gasteiger charge is 2.14. The molecule has 1 heterocycles. The molecule has 0 saturated carbocycles. The van der Waals surface area contributed by atoms with Gasteiger partial charge in [-0.2, -0.15) is 0 Å². The van der Waals surface area contributed by atoms with E-state index in [2.05, 4.69) is 0 Å². The summed E-state index contributed by atoms with van der Waals surface area (Å²) in [5.74, 6) is -0.521. The number of esters is 1. The SMILES string of the molecule is CCc1ccc2c(COC(=O)c3cccc(C)c3N)cc(=O)oc2c1. The van der Waals surface area contributed by atoms with Crippen molar-refractivity contribution in [1.29, 1.82) is 0 Å². The fourth-order valence-corrected chi connectivity index (χ4v) is 2.69. The Labute approximate surface area is 145 Å². The number of aryl methyl sites for hydroxylation is 2. The highest BCUT2D eigenvalue weighted by Crippen LogP contribution is 2.22. The van der Waals surface area contributed by atoms with Crippen LogP contribution >= 0.6 is 0 Å². The third-order valence-corrected chi connectivity index (χ3v) is 4.21. The number of fused-ring (bicyclic) bond motifs is 1. The Morgan fingerprint density at radius 1 is 1.20 bits per heavy atom. The Morgan fingerprint density at radius 3 is 2.76 bits per heavy atom. The average molecular weight is 337 g/mol. The first kappa shape index (κ1) is 16.8. The largest absolute Gasteiger partial charge is 0.457 e. The van der Waals surface area contributed by atoms with Gasteiger partial charge in [0.15, 0.2) is 0 Å². The molecule has 1 aromatic heterocycles. The maximum absolute atomic E-state index is 12.3. The molecule has 5 nitrogen and oxygen atoms in total. The molecule has 3 rings (SSSR count). The van der Waals surface area contributed by atoms with E-state index in [0.29, 0.717) is 22.4 Å². The van der Waals surface area contributed by atoms with Crippen molar-refractivity contribution in [2.75, 3.05) is 5.73 Å². The fraction of sp³-hybridized carbons (Fsp3) is 0.200. The summed E-state index contributed by atoms with van der Waals surface area (Å²) in [7, 11) is 0. The van der Waals surface area contributed by atoms with Gasteiger partial charge in [-0.15, -0.1) is 0 Å². The maximum atomic E-state index is 12.3. The smallest absolute Gasteiger partial charge is 0.340 e. The second-order valence-corrected chi connectivity index (χ2v) is 5.89. The highest BCUT2D eigenvalue weighted by molar-refractivity contribution is 5.95. The van der Waals surface area contributed by atoms with Crippen molar-refractivity contribution in [2.45, 2.75) is 26.9 Å². The Bertz CT molecular complexity index is 1000. The molecular formula is C20H19NO4. The number of nitrogen functional groups attached to an aromatic ring is 1. The number of carbonyl (C=O) groups excluding carboxylic acids is 1. The summed E-state index contributed by atoms with van der Waals surface area (Å²) in [6.45, 7) is 3.82. The van der Waals surface area contributed by atoms with E-state index in [4.69, 9.17) is 14.9 Å². The predicted molar refractivity (Wildman–Crippen MR) is 96.6 cm³/mol. The maximum Gasteiger partial charge on any atom is 0.340 e. The fourth-order valence-electron chi connectivity index (χ4n) is 2.69. The van der Waals surface area contributed by atoms with Crippen molar-refractivity contribution in [1.82, 2.24) is 0 Å². The van der Waals surface area contributed by atoms with E-state index in [-0.39, 0.29) is 6.61 Å². The van der Waals surface area contributed by atoms with Gasteiger partial charge >= 0.3 is 11.6 Å². The summed E-state index contributed by atoms with van der Waals surface area (Å²) in [5, 5.41) is 0.752. The van der Waals surface area contributed by atoms with Gasteiger partial charge in [0.2, 0.25) is 0 Å². The molecule has 0 unspecified atom stereocenters. The van der Waals surface area contributed by atoms with E-state index in [1.165, 1.54) is 6.07 Å². The third-order valence-electron chi connectivity index (χ3n) is 4.21. The van der Waals surface area contributed by atoms with E-state index in [1.54, 1.807) is 12.1 Å². The first-order chi connectivity index (χ1) is 12.0. The first-order valence-corrected chi connectivity index (χ1v) is 8.07. The molecular weight excluding hydrogens is 318 g/mol. The quantitative estimate of drug-likeness (QED) is 0.447. The molecule has 0 aliphatic rings. The Hall–Kier alpha value is -3.08. The zero-order chi connectivity index (χ0) is 18.0. The van der Waals surface area contributed by atoms with Crippen molar-refractivity contribution in [3.8, 4) is 0 Å². The van der Waals surface area contributed by atoms with Crippen LogP contribution in [0.5, 0.6) is 0 Å². The number of benzene rings is 2. The Kier molecular flexibility index (Phi) is 4.57. The van der Waals surface area contributed by atoms with Crippen molar-refractivity contribution in [3.63, 3.8) is 0 Å². The summed E-state index contributed by atoms with van der Waals surface area (Å²) in [6.07, 6.45) is 0.839. The van der Waals surface area contributed by atoms with Gasteiger partial charge in [-0.25, -0.2) is 9.59 Å². The molecule has 2 aromatic carbocycles. The normalized spacial score (nSPS) is 10.8. The van der Waals surface area contributed by atoms with Crippen LogP contribution in [0.1, 0.15) is 34.0 Å². The molecule has 0 amide bonds. The zero-order valence-corrected chi connectivity index (χ0v) is 14.2. The average Bonchev–Trinajstić information content (AvgIpc) is 2.60. The van der Waals surface area contributed by atoms with E-state index in [9.17, 15) is 9.59 Å². The topological polar surface area (TPSA) is 82.5 Å². The summed E-state index contributed by atoms with van der Waals surface area (Å²) in [5.41, 5.74) is 9.16. The lowest BCUT2D eigenvalue weighted by molar-refractivity contribution is 0.0475.